The first-order valence-corrected chi connectivity index (χ1v) is 5.50. The van der Waals surface area contributed by atoms with Gasteiger partial charge in [-0.15, -0.1) is 0 Å². The molecule has 0 aliphatic heterocycles. The fraction of sp³-hybridized carbons (Fsp3) is 0.143. The van der Waals surface area contributed by atoms with Gasteiger partial charge in [0.05, 0.1) is 5.56 Å². The van der Waals surface area contributed by atoms with Gasteiger partial charge in [-0.05, 0) is 29.8 Å². The Hall–Kier alpha value is -2.04. The molecule has 0 amide bonds. The molecular weight excluding hydrogens is 260 g/mol. The van der Waals surface area contributed by atoms with Crippen molar-refractivity contribution in [3.8, 4) is 5.75 Å². The number of benzene rings is 2. The van der Waals surface area contributed by atoms with Crippen molar-refractivity contribution >= 4 is 0 Å². The zero-order valence-electron chi connectivity index (χ0n) is 9.75. The van der Waals surface area contributed by atoms with E-state index in [4.69, 9.17) is 4.74 Å². The van der Waals surface area contributed by atoms with Gasteiger partial charge in [0.1, 0.15) is 18.2 Å². The van der Waals surface area contributed by atoms with E-state index in [-0.39, 0.29) is 12.4 Å². The van der Waals surface area contributed by atoms with E-state index in [1.807, 2.05) is 0 Å². The molecule has 0 aliphatic rings. The minimum atomic E-state index is -4.46. The van der Waals surface area contributed by atoms with Crippen LogP contribution in [-0.4, -0.2) is 0 Å². The molecular formula is C14H10F4O. The second-order valence-electron chi connectivity index (χ2n) is 3.91. The van der Waals surface area contributed by atoms with E-state index in [1.54, 1.807) is 0 Å². The molecule has 0 aliphatic carbocycles. The van der Waals surface area contributed by atoms with Crippen LogP contribution in [0.25, 0.3) is 0 Å². The minimum absolute atomic E-state index is 0.0482. The van der Waals surface area contributed by atoms with E-state index in [1.165, 1.54) is 42.5 Å². The highest BCUT2D eigenvalue weighted by molar-refractivity contribution is 5.35. The third-order valence-corrected chi connectivity index (χ3v) is 2.50. The van der Waals surface area contributed by atoms with Crippen molar-refractivity contribution in [2.45, 2.75) is 12.8 Å². The standard InChI is InChI=1S/C14H10F4O/c15-11-7-5-10(6-8-11)9-19-13-4-2-1-3-12(13)14(16,17)18/h1-8H,9H2. The van der Waals surface area contributed by atoms with Crippen LogP contribution < -0.4 is 4.74 Å². The highest BCUT2D eigenvalue weighted by Gasteiger charge is 2.33. The summed E-state index contributed by atoms with van der Waals surface area (Å²) in [5, 5.41) is 0. The van der Waals surface area contributed by atoms with Crippen molar-refractivity contribution < 1.29 is 22.3 Å². The van der Waals surface area contributed by atoms with Gasteiger partial charge in [-0.2, -0.15) is 13.2 Å². The molecule has 2 aromatic rings. The molecule has 0 aromatic heterocycles. The van der Waals surface area contributed by atoms with Gasteiger partial charge in [0.25, 0.3) is 0 Å². The largest absolute Gasteiger partial charge is 0.488 e. The number of alkyl halides is 3. The normalized spacial score (nSPS) is 11.4. The van der Waals surface area contributed by atoms with Crippen molar-refractivity contribution in [1.82, 2.24) is 0 Å². The van der Waals surface area contributed by atoms with Crippen LogP contribution in [0, 0.1) is 5.82 Å². The lowest BCUT2D eigenvalue weighted by Crippen LogP contribution is -2.08. The number of ether oxygens (including phenoxy) is 1. The summed E-state index contributed by atoms with van der Waals surface area (Å²) in [6.07, 6.45) is -4.46. The van der Waals surface area contributed by atoms with Gasteiger partial charge in [-0.1, -0.05) is 24.3 Å². The Balaban J connectivity index is 2.14. The summed E-state index contributed by atoms with van der Waals surface area (Å²) in [5.41, 5.74) is -0.226. The number of halogens is 4. The number of rotatable bonds is 3. The smallest absolute Gasteiger partial charge is 0.419 e. The predicted molar refractivity (Wildman–Crippen MR) is 62.2 cm³/mol. The predicted octanol–water partition coefficient (Wildman–Crippen LogP) is 4.42. The van der Waals surface area contributed by atoms with Gasteiger partial charge in [0.15, 0.2) is 0 Å². The van der Waals surface area contributed by atoms with Crippen LogP contribution in [0.1, 0.15) is 11.1 Å². The van der Waals surface area contributed by atoms with E-state index in [2.05, 4.69) is 0 Å². The van der Waals surface area contributed by atoms with Crippen molar-refractivity contribution in [1.29, 1.82) is 0 Å². The minimum Gasteiger partial charge on any atom is -0.488 e. The second kappa shape index (κ2) is 5.30. The van der Waals surface area contributed by atoms with Crippen LogP contribution >= 0.6 is 0 Å². The molecule has 0 radical (unpaired) electrons. The monoisotopic (exact) mass is 270 g/mol. The molecule has 0 bridgehead atoms. The molecule has 0 heterocycles. The first kappa shape index (κ1) is 13.4. The quantitative estimate of drug-likeness (QED) is 0.750. The number of para-hydroxylation sites is 1. The summed E-state index contributed by atoms with van der Waals surface area (Å²) in [5.74, 6) is -0.640. The molecule has 0 saturated heterocycles. The Morgan fingerprint density at radius 1 is 0.895 bits per heavy atom. The molecule has 1 nitrogen and oxygen atoms in total. The maximum absolute atomic E-state index is 12.7. The molecule has 0 unspecified atom stereocenters. The van der Waals surface area contributed by atoms with E-state index < -0.39 is 17.6 Å². The first-order valence-electron chi connectivity index (χ1n) is 5.50. The van der Waals surface area contributed by atoms with Crippen LogP contribution in [0.15, 0.2) is 48.5 Å². The molecule has 0 atom stereocenters. The average molecular weight is 270 g/mol. The zero-order valence-corrected chi connectivity index (χ0v) is 9.75. The maximum Gasteiger partial charge on any atom is 0.419 e. The summed E-state index contributed by atoms with van der Waals surface area (Å²) < 4.78 is 55.9. The molecule has 0 spiro atoms. The van der Waals surface area contributed by atoms with Crippen LogP contribution in [0.5, 0.6) is 5.75 Å². The van der Waals surface area contributed by atoms with Gasteiger partial charge in [0, 0.05) is 0 Å². The molecule has 0 saturated carbocycles. The molecule has 19 heavy (non-hydrogen) atoms. The van der Waals surface area contributed by atoms with Crippen molar-refractivity contribution in [3.05, 3.63) is 65.5 Å². The fourth-order valence-corrected chi connectivity index (χ4v) is 1.57. The van der Waals surface area contributed by atoms with Crippen LogP contribution in [-0.2, 0) is 12.8 Å². The highest BCUT2D eigenvalue weighted by atomic mass is 19.4. The average Bonchev–Trinajstić information content (AvgIpc) is 2.37. The third kappa shape index (κ3) is 3.47. The zero-order chi connectivity index (χ0) is 13.9. The SMILES string of the molecule is Fc1ccc(COc2ccccc2C(F)(F)F)cc1. The van der Waals surface area contributed by atoms with E-state index >= 15 is 0 Å². The third-order valence-electron chi connectivity index (χ3n) is 2.50. The summed E-state index contributed by atoms with van der Waals surface area (Å²) in [6.45, 7) is -0.0482. The summed E-state index contributed by atoms with van der Waals surface area (Å²) >= 11 is 0. The summed E-state index contributed by atoms with van der Waals surface area (Å²) in [7, 11) is 0. The van der Waals surface area contributed by atoms with Crippen molar-refractivity contribution in [3.63, 3.8) is 0 Å². The first-order chi connectivity index (χ1) is 8.97. The van der Waals surface area contributed by atoms with E-state index in [9.17, 15) is 17.6 Å². The van der Waals surface area contributed by atoms with Crippen molar-refractivity contribution in [2.24, 2.45) is 0 Å². The Kier molecular flexibility index (Phi) is 3.74. The van der Waals surface area contributed by atoms with Crippen LogP contribution in [0.3, 0.4) is 0 Å². The molecule has 0 fully saturated rings. The van der Waals surface area contributed by atoms with Gasteiger partial charge < -0.3 is 4.74 Å². The second-order valence-corrected chi connectivity index (χ2v) is 3.91. The van der Waals surface area contributed by atoms with Gasteiger partial charge in [-0.25, -0.2) is 4.39 Å². The fourth-order valence-electron chi connectivity index (χ4n) is 1.57. The topological polar surface area (TPSA) is 9.23 Å². The lowest BCUT2D eigenvalue weighted by molar-refractivity contribution is -0.139. The molecule has 5 heteroatoms. The van der Waals surface area contributed by atoms with Gasteiger partial charge in [0.2, 0.25) is 0 Å². The molecule has 2 rings (SSSR count). The Morgan fingerprint density at radius 3 is 2.16 bits per heavy atom. The lowest BCUT2D eigenvalue weighted by Gasteiger charge is -2.13. The number of hydrogen-bond donors (Lipinski definition) is 0. The Bertz CT molecular complexity index is 546. The van der Waals surface area contributed by atoms with Gasteiger partial charge in [-0.3, -0.25) is 0 Å². The van der Waals surface area contributed by atoms with E-state index in [0.29, 0.717) is 5.56 Å². The van der Waals surface area contributed by atoms with Crippen molar-refractivity contribution in [2.75, 3.05) is 0 Å². The van der Waals surface area contributed by atoms with Gasteiger partial charge >= 0.3 is 6.18 Å². The Labute approximate surface area is 107 Å². The lowest BCUT2D eigenvalue weighted by atomic mass is 10.2. The van der Waals surface area contributed by atoms with Crippen LogP contribution in [0.2, 0.25) is 0 Å². The number of hydrogen-bond acceptors (Lipinski definition) is 1. The molecule has 100 valence electrons. The maximum atomic E-state index is 12.7. The molecule has 0 N–H and O–H groups in total. The van der Waals surface area contributed by atoms with Crippen LogP contribution in [0.4, 0.5) is 17.6 Å². The molecule has 2 aromatic carbocycles. The van der Waals surface area contributed by atoms with E-state index in [0.717, 1.165) is 6.07 Å². The highest BCUT2D eigenvalue weighted by Crippen LogP contribution is 2.36. The summed E-state index contributed by atoms with van der Waals surface area (Å²) in [6, 6.07) is 10.4. The summed E-state index contributed by atoms with van der Waals surface area (Å²) in [4.78, 5) is 0. The Morgan fingerprint density at radius 2 is 1.53 bits per heavy atom.